The molecule has 0 aromatic heterocycles. The van der Waals surface area contributed by atoms with E-state index in [1.807, 2.05) is 24.3 Å². The predicted octanol–water partition coefficient (Wildman–Crippen LogP) is 2.08. The summed E-state index contributed by atoms with van der Waals surface area (Å²) in [5.74, 6) is 0. The molecule has 1 aromatic carbocycles. The number of aryl methyl sites for hydroxylation is 1. The Bertz CT molecular complexity index is 244. The monoisotopic (exact) mass is 181 g/mol. The summed E-state index contributed by atoms with van der Waals surface area (Å²) < 4.78 is 4.61. The van der Waals surface area contributed by atoms with Gasteiger partial charge in [-0.25, -0.2) is 0 Å². The zero-order valence-corrected chi connectivity index (χ0v) is 7.82. The minimum atomic E-state index is 0. The van der Waals surface area contributed by atoms with Crippen LogP contribution in [0.5, 0.6) is 0 Å². The van der Waals surface area contributed by atoms with Gasteiger partial charge in [-0.15, -0.1) is 0 Å². The van der Waals surface area contributed by atoms with E-state index in [-0.39, 0.29) is 6.15 Å². The molecule has 0 spiro atoms. The first-order chi connectivity index (χ1) is 5.86. The molecule has 3 heteroatoms. The molecule has 0 bridgehead atoms. The van der Waals surface area contributed by atoms with Crippen molar-refractivity contribution in [1.29, 1.82) is 0 Å². The van der Waals surface area contributed by atoms with E-state index in [1.165, 1.54) is 5.56 Å². The molecular weight excluding hydrogens is 166 g/mol. The van der Waals surface area contributed by atoms with Gasteiger partial charge in [-0.2, -0.15) is 0 Å². The number of hydrogen-bond acceptors (Lipinski definition) is 3. The van der Waals surface area contributed by atoms with Crippen LogP contribution in [0.3, 0.4) is 0 Å². The molecule has 0 aliphatic carbocycles. The van der Waals surface area contributed by atoms with Crippen LogP contribution >= 0.6 is 0 Å². The van der Waals surface area contributed by atoms with Crippen LogP contribution in [0.1, 0.15) is 18.1 Å². The third-order valence-corrected chi connectivity index (χ3v) is 1.75. The molecule has 0 saturated carbocycles. The first-order valence-corrected chi connectivity index (χ1v) is 4.00. The van der Waals surface area contributed by atoms with Crippen LogP contribution in [0.15, 0.2) is 24.3 Å². The van der Waals surface area contributed by atoms with Crippen molar-refractivity contribution in [1.82, 2.24) is 6.15 Å². The van der Waals surface area contributed by atoms with Gasteiger partial charge in [0.05, 0.1) is 0 Å². The third kappa shape index (κ3) is 3.71. The number of rotatable bonds is 4. The Morgan fingerprint density at radius 2 is 1.77 bits per heavy atom. The SMILES string of the molecule is CCc1ccc(COC=O)cc1.N. The molecule has 0 unspecified atom stereocenters. The molecule has 1 aromatic rings. The highest BCUT2D eigenvalue weighted by Gasteiger charge is 1.92. The van der Waals surface area contributed by atoms with Crippen molar-refractivity contribution in [2.24, 2.45) is 0 Å². The van der Waals surface area contributed by atoms with E-state index < -0.39 is 0 Å². The normalized spacial score (nSPS) is 8.69. The molecule has 13 heavy (non-hydrogen) atoms. The highest BCUT2D eigenvalue weighted by atomic mass is 16.5. The average molecular weight is 181 g/mol. The topological polar surface area (TPSA) is 61.3 Å². The van der Waals surface area contributed by atoms with E-state index in [1.54, 1.807) is 0 Å². The summed E-state index contributed by atoms with van der Waals surface area (Å²) in [7, 11) is 0. The maximum atomic E-state index is 9.88. The smallest absolute Gasteiger partial charge is 0.293 e. The number of ether oxygens (including phenoxy) is 1. The van der Waals surface area contributed by atoms with Crippen LogP contribution < -0.4 is 6.15 Å². The Balaban J connectivity index is 0.00000144. The van der Waals surface area contributed by atoms with Gasteiger partial charge < -0.3 is 10.9 Å². The van der Waals surface area contributed by atoms with Gasteiger partial charge in [-0.3, -0.25) is 4.79 Å². The van der Waals surface area contributed by atoms with Gasteiger partial charge in [-0.05, 0) is 17.5 Å². The molecule has 0 heterocycles. The quantitative estimate of drug-likeness (QED) is 0.723. The van der Waals surface area contributed by atoms with E-state index in [9.17, 15) is 4.79 Å². The van der Waals surface area contributed by atoms with Crippen LogP contribution in [-0.4, -0.2) is 6.47 Å². The van der Waals surface area contributed by atoms with Crippen molar-refractivity contribution in [3.05, 3.63) is 35.4 Å². The lowest BCUT2D eigenvalue weighted by atomic mass is 10.1. The molecule has 1 rings (SSSR count). The highest BCUT2D eigenvalue weighted by molar-refractivity contribution is 5.37. The lowest BCUT2D eigenvalue weighted by Gasteiger charge is -2.00. The third-order valence-electron chi connectivity index (χ3n) is 1.75. The molecule has 0 aliphatic heterocycles. The number of carbonyl (C=O) groups is 1. The summed E-state index contributed by atoms with van der Waals surface area (Å²) in [6.07, 6.45) is 1.04. The lowest BCUT2D eigenvalue weighted by molar-refractivity contribution is -0.129. The van der Waals surface area contributed by atoms with Gasteiger partial charge in [-0.1, -0.05) is 31.2 Å². The second-order valence-corrected chi connectivity index (χ2v) is 2.58. The van der Waals surface area contributed by atoms with Crippen LogP contribution in [0.4, 0.5) is 0 Å². The van der Waals surface area contributed by atoms with Gasteiger partial charge in [0, 0.05) is 0 Å². The van der Waals surface area contributed by atoms with Crippen LogP contribution in [-0.2, 0) is 22.6 Å². The standard InChI is InChI=1S/C10H12O2.H3N/c1-2-9-3-5-10(6-4-9)7-12-8-11;/h3-6,8H,2,7H2,1H3;1H3. The second kappa shape index (κ2) is 6.20. The Kier molecular flexibility index (Phi) is 5.55. The highest BCUT2D eigenvalue weighted by Crippen LogP contribution is 2.05. The van der Waals surface area contributed by atoms with E-state index in [0.29, 0.717) is 13.1 Å². The Morgan fingerprint density at radius 3 is 2.23 bits per heavy atom. The summed E-state index contributed by atoms with van der Waals surface area (Å²) in [5.41, 5.74) is 2.32. The second-order valence-electron chi connectivity index (χ2n) is 2.58. The first-order valence-electron chi connectivity index (χ1n) is 4.00. The Morgan fingerprint density at radius 1 is 1.23 bits per heavy atom. The zero-order chi connectivity index (χ0) is 8.81. The Labute approximate surface area is 78.3 Å². The molecule has 0 atom stereocenters. The number of carbonyl (C=O) groups excluding carboxylic acids is 1. The van der Waals surface area contributed by atoms with E-state index in [2.05, 4.69) is 11.7 Å². The van der Waals surface area contributed by atoms with E-state index in [4.69, 9.17) is 0 Å². The molecule has 72 valence electrons. The van der Waals surface area contributed by atoms with Gasteiger partial charge >= 0.3 is 0 Å². The van der Waals surface area contributed by atoms with Gasteiger partial charge in [0.1, 0.15) is 6.61 Å². The molecule has 0 radical (unpaired) electrons. The van der Waals surface area contributed by atoms with Crippen LogP contribution in [0.25, 0.3) is 0 Å². The average Bonchev–Trinajstić information content (AvgIpc) is 2.15. The molecule has 3 N–H and O–H groups in total. The summed E-state index contributed by atoms with van der Waals surface area (Å²) >= 11 is 0. The van der Waals surface area contributed by atoms with E-state index in [0.717, 1.165) is 12.0 Å². The summed E-state index contributed by atoms with van der Waals surface area (Å²) in [4.78, 5) is 9.88. The van der Waals surface area contributed by atoms with Crippen molar-refractivity contribution in [3.63, 3.8) is 0 Å². The Hall–Kier alpha value is -1.35. The predicted molar refractivity (Wildman–Crippen MR) is 51.7 cm³/mol. The van der Waals surface area contributed by atoms with Crippen LogP contribution in [0.2, 0.25) is 0 Å². The van der Waals surface area contributed by atoms with Gasteiger partial charge in [0.2, 0.25) is 0 Å². The maximum Gasteiger partial charge on any atom is 0.293 e. The maximum absolute atomic E-state index is 9.88. The summed E-state index contributed by atoms with van der Waals surface area (Å²) in [5, 5.41) is 0. The number of hydrogen-bond donors (Lipinski definition) is 1. The molecule has 0 amide bonds. The van der Waals surface area contributed by atoms with Crippen molar-refractivity contribution < 1.29 is 9.53 Å². The number of benzene rings is 1. The van der Waals surface area contributed by atoms with Crippen molar-refractivity contribution in [2.75, 3.05) is 0 Å². The van der Waals surface area contributed by atoms with Crippen molar-refractivity contribution >= 4 is 6.47 Å². The van der Waals surface area contributed by atoms with Gasteiger partial charge in [0.15, 0.2) is 0 Å². The minimum Gasteiger partial charge on any atom is -0.463 e. The molecule has 0 fully saturated rings. The lowest BCUT2D eigenvalue weighted by Crippen LogP contribution is -1.90. The molecular formula is C10H15NO2. The largest absolute Gasteiger partial charge is 0.463 e. The first kappa shape index (κ1) is 11.6. The van der Waals surface area contributed by atoms with Crippen molar-refractivity contribution in [3.8, 4) is 0 Å². The fourth-order valence-corrected chi connectivity index (χ4v) is 1.00. The minimum absolute atomic E-state index is 0. The van der Waals surface area contributed by atoms with Crippen molar-refractivity contribution in [2.45, 2.75) is 20.0 Å². The van der Waals surface area contributed by atoms with Gasteiger partial charge in [0.25, 0.3) is 6.47 Å². The molecule has 0 aliphatic rings. The molecule has 3 nitrogen and oxygen atoms in total. The molecule has 0 saturated heterocycles. The fourth-order valence-electron chi connectivity index (χ4n) is 1.00. The summed E-state index contributed by atoms with van der Waals surface area (Å²) in [6, 6.07) is 8.04. The van der Waals surface area contributed by atoms with Crippen LogP contribution in [0, 0.1) is 0 Å². The zero-order valence-electron chi connectivity index (χ0n) is 7.82. The fraction of sp³-hybridized carbons (Fsp3) is 0.300. The summed E-state index contributed by atoms with van der Waals surface area (Å²) in [6.45, 7) is 2.94. The van der Waals surface area contributed by atoms with E-state index >= 15 is 0 Å².